The largest absolute Gasteiger partial charge is 0.507 e. The molecule has 1 heterocycles. The van der Waals surface area contributed by atoms with Crippen LogP contribution in [-0.4, -0.2) is 53.8 Å². The maximum Gasteiger partial charge on any atom is 0.295 e. The van der Waals surface area contributed by atoms with Gasteiger partial charge in [0.25, 0.3) is 11.7 Å². The lowest BCUT2D eigenvalue weighted by molar-refractivity contribution is -0.139. The van der Waals surface area contributed by atoms with E-state index in [2.05, 4.69) is 0 Å². The number of carbonyl (C=O) groups excluding carboxylic acids is 2. The number of amides is 1. The van der Waals surface area contributed by atoms with Crippen LogP contribution < -0.4 is 4.74 Å². The number of ketones is 1. The number of rotatable bonds is 9. The Hall–Kier alpha value is -3.90. The van der Waals surface area contributed by atoms with Gasteiger partial charge in [-0.25, -0.2) is 0 Å². The van der Waals surface area contributed by atoms with E-state index in [-0.39, 0.29) is 11.3 Å². The van der Waals surface area contributed by atoms with Crippen molar-refractivity contribution in [1.29, 1.82) is 0 Å². The smallest absolute Gasteiger partial charge is 0.295 e. The molecular weight excluding hydrogens is 464 g/mol. The Balaban J connectivity index is 1.69. The summed E-state index contributed by atoms with van der Waals surface area (Å²) in [5.74, 6) is -0.687. The molecule has 0 saturated carbocycles. The van der Waals surface area contributed by atoms with E-state index in [1.54, 1.807) is 4.90 Å². The molecule has 1 amide bonds. The number of aryl methyl sites for hydroxylation is 2. The highest BCUT2D eigenvalue weighted by Gasteiger charge is 2.45. The molecule has 1 N–H and O–H groups in total. The number of ether oxygens (including phenoxy) is 1. The first-order chi connectivity index (χ1) is 17.8. The molecule has 1 atom stereocenters. The topological polar surface area (TPSA) is 70.1 Å². The van der Waals surface area contributed by atoms with Crippen LogP contribution in [0, 0.1) is 13.8 Å². The fraction of sp³-hybridized carbons (Fsp3) is 0.290. The quantitative estimate of drug-likeness (QED) is 0.248. The third-order valence-corrected chi connectivity index (χ3v) is 6.64. The Labute approximate surface area is 218 Å². The molecule has 3 aromatic rings. The minimum absolute atomic E-state index is 0.126. The Bertz CT molecular complexity index is 1300. The second-order valence-corrected chi connectivity index (χ2v) is 9.81. The van der Waals surface area contributed by atoms with E-state index in [4.69, 9.17) is 4.74 Å². The molecule has 1 aliphatic heterocycles. The number of aliphatic hydroxyl groups is 1. The molecule has 4 rings (SSSR count). The number of benzene rings is 3. The fourth-order valence-corrected chi connectivity index (χ4v) is 4.64. The summed E-state index contributed by atoms with van der Waals surface area (Å²) in [6.07, 6.45) is 0.707. The first kappa shape index (κ1) is 26.2. The molecule has 0 aliphatic carbocycles. The van der Waals surface area contributed by atoms with Crippen molar-refractivity contribution >= 4 is 17.4 Å². The lowest BCUT2D eigenvalue weighted by Gasteiger charge is -2.26. The summed E-state index contributed by atoms with van der Waals surface area (Å²) in [4.78, 5) is 30.1. The third-order valence-electron chi connectivity index (χ3n) is 6.64. The molecule has 1 fully saturated rings. The first-order valence-corrected chi connectivity index (χ1v) is 12.5. The average Bonchev–Trinajstić information content (AvgIpc) is 3.14. The summed E-state index contributed by atoms with van der Waals surface area (Å²) >= 11 is 0. The predicted molar refractivity (Wildman–Crippen MR) is 145 cm³/mol. The molecule has 0 bridgehead atoms. The zero-order chi connectivity index (χ0) is 26.5. The highest BCUT2D eigenvalue weighted by Crippen LogP contribution is 2.40. The molecular formula is C31H34N2O4. The van der Waals surface area contributed by atoms with Crippen LogP contribution in [0.4, 0.5) is 0 Å². The first-order valence-electron chi connectivity index (χ1n) is 12.5. The highest BCUT2D eigenvalue weighted by atomic mass is 16.5. The second-order valence-electron chi connectivity index (χ2n) is 9.81. The van der Waals surface area contributed by atoms with Crippen molar-refractivity contribution in [3.63, 3.8) is 0 Å². The van der Waals surface area contributed by atoms with Crippen molar-refractivity contribution in [3.8, 4) is 5.75 Å². The van der Waals surface area contributed by atoms with Gasteiger partial charge in [-0.15, -0.1) is 0 Å². The molecule has 0 aromatic heterocycles. The number of hydrogen-bond acceptors (Lipinski definition) is 5. The Morgan fingerprint density at radius 3 is 2.35 bits per heavy atom. The zero-order valence-electron chi connectivity index (χ0n) is 21.9. The Morgan fingerprint density at radius 1 is 0.973 bits per heavy atom. The van der Waals surface area contributed by atoms with Crippen LogP contribution in [0.5, 0.6) is 5.75 Å². The van der Waals surface area contributed by atoms with Crippen molar-refractivity contribution < 1.29 is 19.4 Å². The maximum atomic E-state index is 13.3. The Kier molecular flexibility index (Phi) is 8.09. The van der Waals surface area contributed by atoms with E-state index in [9.17, 15) is 14.7 Å². The van der Waals surface area contributed by atoms with Crippen molar-refractivity contribution in [2.24, 2.45) is 0 Å². The van der Waals surface area contributed by atoms with Gasteiger partial charge in [0.1, 0.15) is 18.1 Å². The van der Waals surface area contributed by atoms with E-state index in [1.807, 2.05) is 106 Å². The van der Waals surface area contributed by atoms with Gasteiger partial charge in [0.2, 0.25) is 0 Å². The van der Waals surface area contributed by atoms with Crippen LogP contribution in [0.2, 0.25) is 0 Å². The summed E-state index contributed by atoms with van der Waals surface area (Å²) in [5.41, 5.74) is 4.31. The summed E-state index contributed by atoms with van der Waals surface area (Å²) in [6, 6.07) is 22.4. The van der Waals surface area contributed by atoms with E-state index < -0.39 is 17.7 Å². The number of likely N-dealkylation sites (tertiary alicyclic amines) is 1. The van der Waals surface area contributed by atoms with Crippen LogP contribution in [-0.2, 0) is 16.2 Å². The lowest BCUT2D eigenvalue weighted by atomic mass is 9.93. The monoisotopic (exact) mass is 498 g/mol. The van der Waals surface area contributed by atoms with Crippen LogP contribution >= 0.6 is 0 Å². The van der Waals surface area contributed by atoms with Crippen molar-refractivity contribution in [2.75, 3.05) is 27.2 Å². The number of carbonyl (C=O) groups is 2. The summed E-state index contributed by atoms with van der Waals surface area (Å²) < 4.78 is 5.93. The normalized spacial score (nSPS) is 17.0. The maximum absolute atomic E-state index is 13.3. The molecule has 1 saturated heterocycles. The van der Waals surface area contributed by atoms with Crippen molar-refractivity contribution in [1.82, 2.24) is 9.80 Å². The second kappa shape index (κ2) is 11.4. The molecule has 3 aromatic carbocycles. The summed E-state index contributed by atoms with van der Waals surface area (Å²) in [5, 5.41) is 11.4. The minimum Gasteiger partial charge on any atom is -0.507 e. The molecule has 37 heavy (non-hydrogen) atoms. The Morgan fingerprint density at radius 2 is 1.68 bits per heavy atom. The van der Waals surface area contributed by atoms with Crippen molar-refractivity contribution in [2.45, 2.75) is 32.9 Å². The zero-order valence-corrected chi connectivity index (χ0v) is 21.9. The molecule has 0 radical (unpaired) electrons. The van der Waals surface area contributed by atoms with E-state index in [1.165, 1.54) is 0 Å². The van der Waals surface area contributed by atoms with Gasteiger partial charge in [-0.1, -0.05) is 60.2 Å². The molecule has 1 aliphatic rings. The van der Waals surface area contributed by atoms with Crippen molar-refractivity contribution in [3.05, 3.63) is 106 Å². The van der Waals surface area contributed by atoms with E-state index in [0.717, 1.165) is 28.8 Å². The van der Waals surface area contributed by atoms with Gasteiger partial charge in [-0.2, -0.15) is 0 Å². The number of nitrogens with zero attached hydrogens (tertiary/aromatic N) is 2. The van der Waals surface area contributed by atoms with Gasteiger partial charge < -0.3 is 19.6 Å². The van der Waals surface area contributed by atoms with Gasteiger partial charge in [0, 0.05) is 12.1 Å². The molecule has 6 nitrogen and oxygen atoms in total. The summed E-state index contributed by atoms with van der Waals surface area (Å²) in [6.45, 7) is 5.44. The molecule has 0 spiro atoms. The van der Waals surface area contributed by atoms with E-state index >= 15 is 0 Å². The lowest BCUT2D eigenvalue weighted by Crippen LogP contribution is -2.32. The number of aliphatic hydroxyl groups excluding tert-OH is 1. The predicted octanol–water partition coefficient (Wildman–Crippen LogP) is 5.26. The minimum atomic E-state index is -0.676. The molecule has 6 heteroatoms. The van der Waals surface area contributed by atoms with E-state index in [0.29, 0.717) is 30.9 Å². The SMILES string of the molecule is Cc1ccc(C)c(C(O)=C2C(=O)C(=O)N(CCCN(C)C)C2c2ccc(OCc3ccccc3)cc2)c1. The average molecular weight is 499 g/mol. The molecule has 1 unspecified atom stereocenters. The van der Waals surface area contributed by atoms with Gasteiger partial charge in [0.05, 0.1) is 11.6 Å². The van der Waals surface area contributed by atoms with Gasteiger partial charge >= 0.3 is 0 Å². The summed E-state index contributed by atoms with van der Waals surface area (Å²) in [7, 11) is 3.95. The fourth-order valence-electron chi connectivity index (χ4n) is 4.64. The number of Topliss-reactive ketones (excluding diaryl/α,β-unsaturated/α-hetero) is 1. The highest BCUT2D eigenvalue weighted by molar-refractivity contribution is 6.46. The van der Waals surface area contributed by atoms with Gasteiger partial charge in [-0.3, -0.25) is 9.59 Å². The van der Waals surface area contributed by atoms with Crippen LogP contribution in [0.3, 0.4) is 0 Å². The van der Waals surface area contributed by atoms with Gasteiger partial charge in [0.15, 0.2) is 0 Å². The van der Waals surface area contributed by atoms with Crippen LogP contribution in [0.15, 0.2) is 78.4 Å². The standard InChI is InChI=1S/C31H34N2O4/c1-21-11-12-22(2)26(19-21)29(34)27-28(33(31(36)30(27)35)18-8-17-32(3)4)24-13-15-25(16-14-24)37-20-23-9-6-5-7-10-23/h5-7,9-16,19,28,34H,8,17-18,20H2,1-4H3. The van der Waals surface area contributed by atoms with Crippen LogP contribution in [0.1, 0.15) is 40.3 Å². The molecule has 192 valence electrons. The van der Waals surface area contributed by atoms with Gasteiger partial charge in [-0.05, 0) is 75.8 Å². The van der Waals surface area contributed by atoms with Crippen LogP contribution in [0.25, 0.3) is 5.76 Å². The third kappa shape index (κ3) is 5.92. The number of hydrogen-bond donors (Lipinski definition) is 1.